The van der Waals surface area contributed by atoms with Crippen LogP contribution < -0.4 is 15.8 Å². The van der Waals surface area contributed by atoms with Crippen molar-refractivity contribution in [2.24, 2.45) is 5.92 Å². The van der Waals surface area contributed by atoms with Gasteiger partial charge in [0.05, 0.1) is 5.69 Å². The average molecular weight is 437 g/mol. The van der Waals surface area contributed by atoms with E-state index >= 15 is 0 Å². The van der Waals surface area contributed by atoms with Gasteiger partial charge in [0, 0.05) is 36.6 Å². The second-order valence-corrected chi connectivity index (χ2v) is 8.33. The van der Waals surface area contributed by atoms with Crippen molar-refractivity contribution >= 4 is 23.3 Å². The molecule has 2 heterocycles. The van der Waals surface area contributed by atoms with Crippen LogP contribution in [0.15, 0.2) is 65.5 Å². The van der Waals surface area contributed by atoms with Crippen molar-refractivity contribution in [1.29, 1.82) is 0 Å². The highest BCUT2D eigenvalue weighted by Crippen LogP contribution is 2.22. The van der Waals surface area contributed by atoms with Gasteiger partial charge in [0.25, 0.3) is 5.56 Å². The van der Waals surface area contributed by atoms with Gasteiger partial charge in [0.2, 0.25) is 5.91 Å². The van der Waals surface area contributed by atoms with Gasteiger partial charge >= 0.3 is 0 Å². The Balaban J connectivity index is 1.38. The molecule has 1 aliphatic rings. The number of nitrogens with one attached hydrogen (secondary N) is 1. The van der Waals surface area contributed by atoms with Gasteiger partial charge in [0.1, 0.15) is 5.82 Å². The van der Waals surface area contributed by atoms with Gasteiger partial charge in [-0.1, -0.05) is 47.5 Å². The minimum Gasteiger partial charge on any atom is -0.355 e. The number of hydrogen-bond acceptors (Lipinski definition) is 4. The summed E-state index contributed by atoms with van der Waals surface area (Å²) in [5.41, 5.74) is 2.71. The summed E-state index contributed by atoms with van der Waals surface area (Å²) in [6.07, 6.45) is 1.50. The van der Waals surface area contributed by atoms with E-state index in [9.17, 15) is 9.59 Å². The summed E-state index contributed by atoms with van der Waals surface area (Å²) in [6, 6.07) is 18.5. The van der Waals surface area contributed by atoms with Crippen molar-refractivity contribution in [1.82, 2.24) is 15.1 Å². The number of rotatable bonds is 5. The first kappa shape index (κ1) is 21.1. The quantitative estimate of drug-likeness (QED) is 0.661. The van der Waals surface area contributed by atoms with E-state index in [1.54, 1.807) is 30.3 Å². The summed E-state index contributed by atoms with van der Waals surface area (Å²) in [4.78, 5) is 27.0. The topological polar surface area (TPSA) is 67.2 Å². The van der Waals surface area contributed by atoms with Crippen LogP contribution in [-0.4, -0.2) is 28.8 Å². The number of carbonyl (C=O) groups excluding carboxylic acids is 1. The molecular formula is C24H25ClN4O2. The fourth-order valence-electron chi connectivity index (χ4n) is 3.89. The van der Waals surface area contributed by atoms with Gasteiger partial charge in [-0.3, -0.25) is 9.59 Å². The first-order valence-electron chi connectivity index (χ1n) is 10.4. The van der Waals surface area contributed by atoms with Crippen LogP contribution in [-0.2, 0) is 11.3 Å². The van der Waals surface area contributed by atoms with E-state index in [1.807, 2.05) is 25.1 Å². The van der Waals surface area contributed by atoms with Crippen LogP contribution in [0, 0.1) is 12.8 Å². The van der Waals surface area contributed by atoms with Crippen molar-refractivity contribution in [3.8, 4) is 5.69 Å². The minimum absolute atomic E-state index is 0.0140. The van der Waals surface area contributed by atoms with Crippen molar-refractivity contribution in [3.05, 3.63) is 87.2 Å². The Morgan fingerprint density at radius 3 is 2.61 bits per heavy atom. The van der Waals surface area contributed by atoms with Crippen LogP contribution in [0.4, 0.5) is 5.82 Å². The number of nitrogens with zero attached hydrogens (tertiary/aromatic N) is 3. The first-order chi connectivity index (χ1) is 15.0. The molecule has 7 heteroatoms. The van der Waals surface area contributed by atoms with Crippen molar-refractivity contribution in [2.45, 2.75) is 26.3 Å². The molecule has 0 radical (unpaired) electrons. The highest BCUT2D eigenvalue weighted by atomic mass is 35.5. The Bertz CT molecular complexity index is 1140. The lowest BCUT2D eigenvalue weighted by Gasteiger charge is -2.32. The number of aromatic nitrogens is 2. The van der Waals surface area contributed by atoms with E-state index in [0.717, 1.165) is 24.2 Å². The lowest BCUT2D eigenvalue weighted by molar-refractivity contribution is -0.125. The van der Waals surface area contributed by atoms with E-state index in [-0.39, 0.29) is 17.4 Å². The molecule has 2 aromatic carbocycles. The maximum atomic E-state index is 12.6. The Kier molecular flexibility index (Phi) is 6.37. The maximum absolute atomic E-state index is 12.6. The zero-order chi connectivity index (χ0) is 21.8. The fourth-order valence-corrected chi connectivity index (χ4v) is 4.07. The lowest BCUT2D eigenvalue weighted by atomic mass is 9.96. The normalized spacial score (nSPS) is 14.5. The average Bonchev–Trinajstić information content (AvgIpc) is 2.78. The number of halogens is 1. The molecular weight excluding hydrogens is 412 g/mol. The summed E-state index contributed by atoms with van der Waals surface area (Å²) in [5.74, 6) is 0.802. The molecule has 160 valence electrons. The lowest BCUT2D eigenvalue weighted by Crippen LogP contribution is -2.41. The largest absolute Gasteiger partial charge is 0.355 e. The van der Waals surface area contributed by atoms with Crippen molar-refractivity contribution < 1.29 is 4.79 Å². The van der Waals surface area contributed by atoms with Crippen molar-refractivity contribution in [3.63, 3.8) is 0 Å². The molecule has 0 bridgehead atoms. The van der Waals surface area contributed by atoms with E-state index in [0.29, 0.717) is 30.3 Å². The second-order valence-electron chi connectivity index (χ2n) is 7.89. The standard InChI is InChI=1S/C24H25ClN4O2/c1-17-4-2-5-18(14-17)16-26-24(31)19-10-12-28(13-11-19)22-8-9-23(30)29(27-22)21-7-3-6-20(25)15-21/h2-9,14-15,19H,10-13,16H2,1H3,(H,26,31). The van der Waals surface area contributed by atoms with E-state index in [1.165, 1.54) is 16.3 Å². The Morgan fingerprint density at radius 2 is 1.87 bits per heavy atom. The monoisotopic (exact) mass is 436 g/mol. The molecule has 3 aromatic rings. The Hall–Kier alpha value is -3.12. The molecule has 0 saturated carbocycles. The van der Waals surface area contributed by atoms with Gasteiger partial charge in [-0.15, -0.1) is 5.10 Å². The molecule has 1 N–H and O–H groups in total. The third kappa shape index (κ3) is 5.14. The van der Waals surface area contributed by atoms with Gasteiger partial charge in [-0.25, -0.2) is 0 Å². The van der Waals surface area contributed by atoms with Crippen LogP contribution in [0.25, 0.3) is 5.69 Å². The third-order valence-corrected chi connectivity index (χ3v) is 5.81. The predicted molar refractivity (Wildman–Crippen MR) is 123 cm³/mol. The molecule has 0 atom stereocenters. The molecule has 31 heavy (non-hydrogen) atoms. The summed E-state index contributed by atoms with van der Waals surface area (Å²) in [7, 11) is 0. The van der Waals surface area contributed by atoms with E-state index < -0.39 is 0 Å². The van der Waals surface area contributed by atoms with Gasteiger partial charge in [0.15, 0.2) is 0 Å². The summed E-state index contributed by atoms with van der Waals surface area (Å²) in [6.45, 7) is 4.02. The van der Waals surface area contributed by atoms with Crippen LogP contribution in [0.2, 0.25) is 5.02 Å². The zero-order valence-corrected chi connectivity index (χ0v) is 18.2. The van der Waals surface area contributed by atoms with Gasteiger partial charge in [-0.05, 0) is 49.6 Å². The number of anilines is 1. The number of carbonyl (C=O) groups is 1. The minimum atomic E-state index is -0.212. The summed E-state index contributed by atoms with van der Waals surface area (Å²) >= 11 is 6.06. The molecule has 1 amide bonds. The highest BCUT2D eigenvalue weighted by Gasteiger charge is 2.25. The Morgan fingerprint density at radius 1 is 1.10 bits per heavy atom. The van der Waals surface area contributed by atoms with Gasteiger partial charge < -0.3 is 10.2 Å². The molecule has 1 saturated heterocycles. The molecule has 6 nitrogen and oxygen atoms in total. The van der Waals surface area contributed by atoms with E-state index in [4.69, 9.17) is 11.6 Å². The van der Waals surface area contributed by atoms with Crippen LogP contribution in [0.3, 0.4) is 0 Å². The predicted octanol–water partition coefficient (Wildman–Crippen LogP) is 3.73. The Labute approximate surface area is 186 Å². The molecule has 1 fully saturated rings. The molecule has 0 unspecified atom stereocenters. The van der Waals surface area contributed by atoms with Gasteiger partial charge in [-0.2, -0.15) is 4.68 Å². The molecule has 1 aromatic heterocycles. The SMILES string of the molecule is Cc1cccc(CNC(=O)C2CCN(c3ccc(=O)n(-c4cccc(Cl)c4)n3)CC2)c1. The molecule has 0 aliphatic carbocycles. The highest BCUT2D eigenvalue weighted by molar-refractivity contribution is 6.30. The summed E-state index contributed by atoms with van der Waals surface area (Å²) < 4.78 is 1.36. The number of benzene rings is 2. The molecule has 0 spiro atoms. The number of piperidine rings is 1. The smallest absolute Gasteiger partial charge is 0.271 e. The van der Waals surface area contributed by atoms with Crippen molar-refractivity contribution in [2.75, 3.05) is 18.0 Å². The number of amides is 1. The molecule has 1 aliphatic heterocycles. The van der Waals surface area contributed by atoms with E-state index in [2.05, 4.69) is 21.4 Å². The number of hydrogen-bond donors (Lipinski definition) is 1. The third-order valence-electron chi connectivity index (χ3n) is 5.58. The van der Waals surface area contributed by atoms with Crippen LogP contribution in [0.1, 0.15) is 24.0 Å². The first-order valence-corrected chi connectivity index (χ1v) is 10.8. The van der Waals surface area contributed by atoms with Crippen LogP contribution in [0.5, 0.6) is 0 Å². The number of aryl methyl sites for hydroxylation is 1. The van der Waals surface area contributed by atoms with Crippen LogP contribution >= 0.6 is 11.6 Å². The maximum Gasteiger partial charge on any atom is 0.271 e. The zero-order valence-electron chi connectivity index (χ0n) is 17.4. The second kappa shape index (κ2) is 9.35. The summed E-state index contributed by atoms with van der Waals surface area (Å²) in [5, 5.41) is 8.15. The molecule has 4 rings (SSSR count). The fraction of sp³-hybridized carbons (Fsp3) is 0.292.